The van der Waals surface area contributed by atoms with Crippen molar-refractivity contribution >= 4 is 17.3 Å². The lowest BCUT2D eigenvalue weighted by atomic mass is 9.93. The van der Waals surface area contributed by atoms with Crippen LogP contribution in [0, 0.1) is 0 Å². The second kappa shape index (κ2) is 5.71. The van der Waals surface area contributed by atoms with E-state index in [0.29, 0.717) is 30.7 Å². The molecule has 3 N–H and O–H groups in total. The first kappa shape index (κ1) is 14.7. The standard InChI is InChI=1S/C15H22N2O3/c1-3-20-14(18)11-4-5-12(16)13(10-11)17-8-6-15(2,19)7-9-17/h4-5,10,19H,3,6-9,16H2,1-2H3. The first-order valence-electron chi connectivity index (χ1n) is 6.97. The molecule has 0 saturated carbocycles. The zero-order valence-corrected chi connectivity index (χ0v) is 12.1. The smallest absolute Gasteiger partial charge is 0.338 e. The number of nitrogen functional groups attached to an aromatic ring is 1. The van der Waals surface area contributed by atoms with Gasteiger partial charge in [-0.2, -0.15) is 0 Å². The van der Waals surface area contributed by atoms with Crippen LogP contribution in [0.25, 0.3) is 0 Å². The van der Waals surface area contributed by atoms with Gasteiger partial charge in [-0.05, 0) is 44.9 Å². The highest BCUT2D eigenvalue weighted by Crippen LogP contribution is 2.30. The number of rotatable bonds is 3. The third-order valence-electron chi connectivity index (χ3n) is 3.72. The Hall–Kier alpha value is -1.75. The van der Waals surface area contributed by atoms with Crippen LogP contribution >= 0.6 is 0 Å². The van der Waals surface area contributed by atoms with Crippen molar-refractivity contribution in [2.45, 2.75) is 32.3 Å². The van der Waals surface area contributed by atoms with Crippen LogP contribution < -0.4 is 10.6 Å². The van der Waals surface area contributed by atoms with Gasteiger partial charge in [-0.1, -0.05) is 0 Å². The minimum Gasteiger partial charge on any atom is -0.462 e. The van der Waals surface area contributed by atoms with Gasteiger partial charge in [0.25, 0.3) is 0 Å². The summed E-state index contributed by atoms with van der Waals surface area (Å²) in [5.74, 6) is -0.335. The molecule has 110 valence electrons. The Morgan fingerprint density at radius 1 is 1.45 bits per heavy atom. The molecule has 0 atom stereocenters. The Labute approximate surface area is 119 Å². The third-order valence-corrected chi connectivity index (χ3v) is 3.72. The van der Waals surface area contributed by atoms with Gasteiger partial charge in [0.15, 0.2) is 0 Å². The summed E-state index contributed by atoms with van der Waals surface area (Å²) in [5, 5.41) is 9.99. The lowest BCUT2D eigenvalue weighted by molar-refractivity contribution is 0.0351. The molecule has 1 fully saturated rings. The van der Waals surface area contributed by atoms with Crippen molar-refractivity contribution in [2.75, 3.05) is 30.3 Å². The molecule has 1 aromatic rings. The van der Waals surface area contributed by atoms with Crippen molar-refractivity contribution in [1.82, 2.24) is 0 Å². The van der Waals surface area contributed by atoms with Gasteiger partial charge in [0.1, 0.15) is 0 Å². The van der Waals surface area contributed by atoms with Crippen molar-refractivity contribution in [1.29, 1.82) is 0 Å². The average molecular weight is 278 g/mol. The number of carbonyl (C=O) groups excluding carboxylic acids is 1. The maximum atomic E-state index is 11.8. The number of hydrogen-bond acceptors (Lipinski definition) is 5. The van der Waals surface area contributed by atoms with Crippen LogP contribution in [-0.2, 0) is 4.74 Å². The number of ether oxygens (including phenoxy) is 1. The highest BCUT2D eigenvalue weighted by molar-refractivity contribution is 5.92. The molecule has 20 heavy (non-hydrogen) atoms. The van der Waals surface area contributed by atoms with Crippen LogP contribution in [0.1, 0.15) is 37.0 Å². The summed E-state index contributed by atoms with van der Waals surface area (Å²) in [5.41, 5.74) is 7.38. The molecular weight excluding hydrogens is 256 g/mol. The van der Waals surface area contributed by atoms with E-state index in [9.17, 15) is 9.90 Å². The number of nitrogens with zero attached hydrogens (tertiary/aromatic N) is 1. The van der Waals surface area contributed by atoms with Gasteiger partial charge in [0, 0.05) is 13.1 Å². The summed E-state index contributed by atoms with van der Waals surface area (Å²) >= 11 is 0. The molecule has 0 aliphatic carbocycles. The summed E-state index contributed by atoms with van der Waals surface area (Å²) in [7, 11) is 0. The predicted molar refractivity (Wildman–Crippen MR) is 78.9 cm³/mol. The lowest BCUT2D eigenvalue weighted by Gasteiger charge is -2.37. The number of nitrogens with two attached hydrogens (primary N) is 1. The number of aliphatic hydroxyl groups is 1. The minimum atomic E-state index is -0.607. The Morgan fingerprint density at radius 2 is 2.10 bits per heavy atom. The van der Waals surface area contributed by atoms with E-state index in [2.05, 4.69) is 4.90 Å². The molecule has 1 heterocycles. The fraction of sp³-hybridized carbons (Fsp3) is 0.533. The van der Waals surface area contributed by atoms with Gasteiger partial charge in [-0.3, -0.25) is 0 Å². The number of piperidine rings is 1. The Balaban J connectivity index is 2.19. The summed E-state index contributed by atoms with van der Waals surface area (Å²) < 4.78 is 5.00. The van der Waals surface area contributed by atoms with Crippen molar-refractivity contribution in [3.8, 4) is 0 Å². The van der Waals surface area contributed by atoms with Gasteiger partial charge < -0.3 is 20.5 Å². The monoisotopic (exact) mass is 278 g/mol. The average Bonchev–Trinajstić information content (AvgIpc) is 2.40. The Bertz CT molecular complexity index is 490. The van der Waals surface area contributed by atoms with E-state index in [1.54, 1.807) is 25.1 Å². The highest BCUT2D eigenvalue weighted by atomic mass is 16.5. The van der Waals surface area contributed by atoms with Crippen molar-refractivity contribution in [3.63, 3.8) is 0 Å². The molecule has 1 saturated heterocycles. The van der Waals surface area contributed by atoms with Crippen LogP contribution in [0.2, 0.25) is 0 Å². The van der Waals surface area contributed by atoms with E-state index in [4.69, 9.17) is 10.5 Å². The molecule has 1 aromatic carbocycles. The van der Waals surface area contributed by atoms with Crippen LogP contribution in [-0.4, -0.2) is 36.4 Å². The zero-order chi connectivity index (χ0) is 14.8. The number of benzene rings is 1. The summed E-state index contributed by atoms with van der Waals surface area (Å²) in [6.45, 7) is 5.43. The van der Waals surface area contributed by atoms with Crippen LogP contribution in [0.15, 0.2) is 18.2 Å². The second-order valence-corrected chi connectivity index (χ2v) is 5.48. The summed E-state index contributed by atoms with van der Waals surface area (Å²) in [6, 6.07) is 5.18. The second-order valence-electron chi connectivity index (χ2n) is 5.48. The van der Waals surface area contributed by atoms with Crippen molar-refractivity contribution in [2.24, 2.45) is 0 Å². The predicted octanol–water partition coefficient (Wildman–Crippen LogP) is 1.80. The maximum absolute atomic E-state index is 11.8. The molecule has 2 rings (SSSR count). The molecule has 1 aliphatic heterocycles. The molecular formula is C15H22N2O3. The van der Waals surface area contributed by atoms with E-state index >= 15 is 0 Å². The molecule has 0 radical (unpaired) electrons. The number of hydrogen-bond donors (Lipinski definition) is 2. The molecule has 1 aliphatic rings. The SMILES string of the molecule is CCOC(=O)c1ccc(N)c(N2CCC(C)(O)CC2)c1. The highest BCUT2D eigenvalue weighted by Gasteiger charge is 2.28. The fourth-order valence-electron chi connectivity index (χ4n) is 2.39. The zero-order valence-electron chi connectivity index (χ0n) is 12.1. The molecule has 0 unspecified atom stereocenters. The van der Waals surface area contributed by atoms with Crippen LogP contribution in [0.5, 0.6) is 0 Å². The Morgan fingerprint density at radius 3 is 2.70 bits per heavy atom. The lowest BCUT2D eigenvalue weighted by Crippen LogP contribution is -2.42. The number of anilines is 2. The van der Waals surface area contributed by atoms with Crippen molar-refractivity contribution < 1.29 is 14.6 Å². The normalized spacial score (nSPS) is 17.9. The van der Waals surface area contributed by atoms with E-state index in [1.807, 2.05) is 6.92 Å². The molecule has 5 heteroatoms. The van der Waals surface area contributed by atoms with E-state index in [0.717, 1.165) is 18.8 Å². The topological polar surface area (TPSA) is 75.8 Å². The number of carbonyl (C=O) groups is 1. The summed E-state index contributed by atoms with van der Waals surface area (Å²) in [6.07, 6.45) is 1.38. The van der Waals surface area contributed by atoms with Crippen LogP contribution in [0.3, 0.4) is 0 Å². The first-order chi connectivity index (χ1) is 9.43. The molecule has 0 aromatic heterocycles. The van der Waals surface area contributed by atoms with Gasteiger partial charge >= 0.3 is 5.97 Å². The molecule has 0 amide bonds. The third kappa shape index (κ3) is 3.22. The van der Waals surface area contributed by atoms with Gasteiger partial charge in [-0.25, -0.2) is 4.79 Å². The maximum Gasteiger partial charge on any atom is 0.338 e. The van der Waals surface area contributed by atoms with E-state index < -0.39 is 5.60 Å². The molecule has 0 spiro atoms. The quantitative estimate of drug-likeness (QED) is 0.651. The van der Waals surface area contributed by atoms with Crippen LogP contribution in [0.4, 0.5) is 11.4 Å². The van der Waals surface area contributed by atoms with Gasteiger partial charge in [0.05, 0.1) is 29.1 Å². The minimum absolute atomic E-state index is 0.335. The summed E-state index contributed by atoms with van der Waals surface area (Å²) in [4.78, 5) is 13.9. The molecule has 0 bridgehead atoms. The molecule has 5 nitrogen and oxygen atoms in total. The van der Waals surface area contributed by atoms with Gasteiger partial charge in [0.2, 0.25) is 0 Å². The fourth-order valence-corrected chi connectivity index (χ4v) is 2.39. The Kier molecular flexibility index (Phi) is 4.18. The first-order valence-corrected chi connectivity index (χ1v) is 6.97. The largest absolute Gasteiger partial charge is 0.462 e. The van der Waals surface area contributed by atoms with Gasteiger partial charge in [-0.15, -0.1) is 0 Å². The van der Waals surface area contributed by atoms with Crippen molar-refractivity contribution in [3.05, 3.63) is 23.8 Å². The van der Waals surface area contributed by atoms with E-state index in [1.165, 1.54) is 0 Å². The van der Waals surface area contributed by atoms with E-state index in [-0.39, 0.29) is 5.97 Å². The number of esters is 1.